The number of piperazine rings is 1. The molecule has 26 heavy (non-hydrogen) atoms. The van der Waals surface area contributed by atoms with Gasteiger partial charge in [0.1, 0.15) is 23.0 Å². The van der Waals surface area contributed by atoms with Crippen LogP contribution < -0.4 is 20.4 Å². The maximum Gasteiger partial charge on any atom is 0.341 e. The smallest absolute Gasteiger partial charge is 0.341 e. The monoisotopic (exact) mass is 359 g/mol. The topological polar surface area (TPSA) is 83.8 Å². The number of hydrogen-bond donors (Lipinski definition) is 2. The molecule has 0 saturated carbocycles. The molecule has 3 heterocycles. The summed E-state index contributed by atoms with van der Waals surface area (Å²) in [5, 5.41) is 12.6. The molecule has 0 aliphatic carbocycles. The number of carbonyl (C=O) groups is 1. The van der Waals surface area contributed by atoms with Gasteiger partial charge in [-0.2, -0.15) is 0 Å². The highest BCUT2D eigenvalue weighted by molar-refractivity contribution is 5.98. The van der Waals surface area contributed by atoms with E-state index in [2.05, 4.69) is 5.32 Å². The molecule has 2 aliphatic heterocycles. The van der Waals surface area contributed by atoms with Crippen LogP contribution in [0.3, 0.4) is 0 Å². The van der Waals surface area contributed by atoms with Gasteiger partial charge in [0.2, 0.25) is 5.43 Å². The molecule has 0 spiro atoms. The first kappa shape index (κ1) is 16.6. The Morgan fingerprint density at radius 3 is 2.69 bits per heavy atom. The SMILES string of the molecule is CC1CN(c2c(F)cc3c(=O)c(C(=O)O)cn4c3c2OC=C4)CC(C)N1. The summed E-state index contributed by atoms with van der Waals surface area (Å²) in [5.74, 6) is -1.72. The van der Waals surface area contributed by atoms with Crippen LogP contribution >= 0.6 is 0 Å². The lowest BCUT2D eigenvalue weighted by Gasteiger charge is -2.38. The predicted molar refractivity (Wildman–Crippen MR) is 95.4 cm³/mol. The molecule has 0 bridgehead atoms. The zero-order valence-electron chi connectivity index (χ0n) is 14.3. The van der Waals surface area contributed by atoms with Gasteiger partial charge in [-0.15, -0.1) is 0 Å². The normalized spacial score (nSPS) is 21.7. The minimum Gasteiger partial charge on any atom is -0.477 e. The molecular weight excluding hydrogens is 341 g/mol. The van der Waals surface area contributed by atoms with Gasteiger partial charge in [0, 0.05) is 37.6 Å². The first-order chi connectivity index (χ1) is 12.4. The first-order valence-corrected chi connectivity index (χ1v) is 8.35. The number of hydrogen-bond acceptors (Lipinski definition) is 5. The molecule has 2 aromatic rings. The maximum atomic E-state index is 15.0. The van der Waals surface area contributed by atoms with Crippen molar-refractivity contribution in [2.45, 2.75) is 25.9 Å². The Balaban J connectivity index is 2.00. The van der Waals surface area contributed by atoms with E-state index in [0.29, 0.717) is 24.3 Å². The van der Waals surface area contributed by atoms with Crippen molar-refractivity contribution in [1.82, 2.24) is 9.88 Å². The average Bonchev–Trinajstić information content (AvgIpc) is 2.56. The lowest BCUT2D eigenvalue weighted by Crippen LogP contribution is -2.54. The molecule has 2 atom stereocenters. The number of nitrogens with one attached hydrogen (secondary N) is 1. The minimum absolute atomic E-state index is 0.0123. The predicted octanol–water partition coefficient (Wildman–Crippen LogP) is 1.85. The van der Waals surface area contributed by atoms with Gasteiger partial charge in [-0.3, -0.25) is 4.79 Å². The summed E-state index contributed by atoms with van der Waals surface area (Å²) in [6.45, 7) is 5.21. The fourth-order valence-electron chi connectivity index (χ4n) is 3.79. The Morgan fingerprint density at radius 2 is 2.04 bits per heavy atom. The zero-order valence-corrected chi connectivity index (χ0v) is 14.3. The Kier molecular flexibility index (Phi) is 3.73. The van der Waals surface area contributed by atoms with E-state index >= 15 is 4.39 Å². The number of anilines is 1. The number of carboxylic acid groups (broad SMARTS) is 1. The third-order valence-electron chi connectivity index (χ3n) is 4.71. The Hall–Kier alpha value is -2.87. The molecular formula is C18H18FN3O4. The molecule has 136 valence electrons. The van der Waals surface area contributed by atoms with Crippen molar-refractivity contribution in [3.05, 3.63) is 40.1 Å². The molecule has 2 aliphatic rings. The molecule has 1 aromatic carbocycles. The average molecular weight is 359 g/mol. The highest BCUT2D eigenvalue weighted by Crippen LogP contribution is 2.40. The van der Waals surface area contributed by atoms with Gasteiger partial charge in [0.05, 0.1) is 5.39 Å². The van der Waals surface area contributed by atoms with E-state index in [9.17, 15) is 14.7 Å². The van der Waals surface area contributed by atoms with Crippen LogP contribution in [0, 0.1) is 5.82 Å². The van der Waals surface area contributed by atoms with Gasteiger partial charge in [0.25, 0.3) is 0 Å². The second kappa shape index (κ2) is 5.84. The number of ether oxygens (including phenoxy) is 1. The third-order valence-corrected chi connectivity index (χ3v) is 4.71. The summed E-state index contributed by atoms with van der Waals surface area (Å²) in [4.78, 5) is 25.7. The van der Waals surface area contributed by atoms with Crippen LogP contribution in [0.1, 0.15) is 24.2 Å². The number of pyridine rings is 1. The first-order valence-electron chi connectivity index (χ1n) is 8.35. The van der Waals surface area contributed by atoms with E-state index < -0.39 is 22.8 Å². The van der Waals surface area contributed by atoms with Crippen LogP contribution in [-0.4, -0.2) is 40.8 Å². The van der Waals surface area contributed by atoms with E-state index in [1.807, 2.05) is 18.7 Å². The maximum absolute atomic E-state index is 15.0. The van der Waals surface area contributed by atoms with Gasteiger partial charge < -0.3 is 24.6 Å². The summed E-state index contributed by atoms with van der Waals surface area (Å²) in [6, 6.07) is 1.44. The molecule has 1 aromatic heterocycles. The standard InChI is InChI=1S/C18H18FN3O4/c1-9-6-22(7-10(2)20-9)15-13(19)5-11-14-17(15)26-4-3-21(14)8-12(16(11)23)18(24)25/h3-5,8-10,20H,6-7H2,1-2H3,(H,24,25). The summed E-state index contributed by atoms with van der Waals surface area (Å²) in [6.07, 6.45) is 4.10. The lowest BCUT2D eigenvalue weighted by molar-refractivity contribution is 0.0695. The number of halogens is 1. The molecule has 8 heteroatoms. The van der Waals surface area contributed by atoms with Crippen LogP contribution in [0.15, 0.2) is 23.3 Å². The minimum atomic E-state index is -1.35. The Labute approximate surface area is 148 Å². The van der Waals surface area contributed by atoms with Crippen molar-refractivity contribution in [3.63, 3.8) is 0 Å². The highest BCUT2D eigenvalue weighted by Gasteiger charge is 2.30. The van der Waals surface area contributed by atoms with Crippen LogP contribution in [0.4, 0.5) is 10.1 Å². The Bertz CT molecular complexity index is 1000. The summed E-state index contributed by atoms with van der Waals surface area (Å²) in [5.41, 5.74) is -0.473. The summed E-state index contributed by atoms with van der Waals surface area (Å²) < 4.78 is 22.1. The highest BCUT2D eigenvalue weighted by atomic mass is 19.1. The molecule has 7 nitrogen and oxygen atoms in total. The van der Waals surface area contributed by atoms with Crippen LogP contribution in [-0.2, 0) is 0 Å². The largest absolute Gasteiger partial charge is 0.477 e. The van der Waals surface area contributed by atoms with Crippen molar-refractivity contribution >= 4 is 28.8 Å². The summed E-state index contributed by atoms with van der Waals surface area (Å²) in [7, 11) is 0. The van der Waals surface area contributed by atoms with Gasteiger partial charge in [-0.05, 0) is 19.9 Å². The molecule has 1 saturated heterocycles. The van der Waals surface area contributed by atoms with E-state index in [4.69, 9.17) is 4.74 Å². The fourth-order valence-corrected chi connectivity index (χ4v) is 3.79. The van der Waals surface area contributed by atoms with E-state index in [-0.39, 0.29) is 23.2 Å². The number of aromatic carboxylic acids is 1. The van der Waals surface area contributed by atoms with Crippen molar-refractivity contribution < 1.29 is 19.0 Å². The molecule has 0 amide bonds. The van der Waals surface area contributed by atoms with Crippen molar-refractivity contribution in [2.75, 3.05) is 18.0 Å². The van der Waals surface area contributed by atoms with E-state index in [0.717, 1.165) is 6.07 Å². The number of rotatable bonds is 2. The second-order valence-corrected chi connectivity index (χ2v) is 6.79. The fraction of sp³-hybridized carbons (Fsp3) is 0.333. The third kappa shape index (κ3) is 2.45. The van der Waals surface area contributed by atoms with Crippen LogP contribution in [0.25, 0.3) is 17.1 Å². The lowest BCUT2D eigenvalue weighted by atomic mass is 10.1. The van der Waals surface area contributed by atoms with Crippen molar-refractivity contribution in [1.29, 1.82) is 0 Å². The Morgan fingerprint density at radius 1 is 1.35 bits per heavy atom. The number of nitrogens with zero attached hydrogens (tertiary/aromatic N) is 2. The molecule has 1 fully saturated rings. The van der Waals surface area contributed by atoms with Gasteiger partial charge in [-0.25, -0.2) is 9.18 Å². The molecule has 2 unspecified atom stereocenters. The van der Waals surface area contributed by atoms with Crippen LogP contribution in [0.2, 0.25) is 0 Å². The molecule has 2 N–H and O–H groups in total. The number of aromatic nitrogens is 1. The molecule has 4 rings (SSSR count). The zero-order chi connectivity index (χ0) is 18.6. The van der Waals surface area contributed by atoms with E-state index in [1.54, 1.807) is 0 Å². The number of carboxylic acids is 1. The molecule has 0 radical (unpaired) electrons. The number of benzene rings is 1. The van der Waals surface area contributed by atoms with E-state index in [1.165, 1.54) is 23.2 Å². The van der Waals surface area contributed by atoms with Gasteiger partial charge >= 0.3 is 5.97 Å². The quantitative estimate of drug-likeness (QED) is 0.851. The van der Waals surface area contributed by atoms with Gasteiger partial charge in [0.15, 0.2) is 11.6 Å². The second-order valence-electron chi connectivity index (χ2n) is 6.79. The van der Waals surface area contributed by atoms with Crippen molar-refractivity contribution in [2.24, 2.45) is 0 Å². The van der Waals surface area contributed by atoms with Crippen molar-refractivity contribution in [3.8, 4) is 5.75 Å². The van der Waals surface area contributed by atoms with Gasteiger partial charge in [-0.1, -0.05) is 0 Å². The summed E-state index contributed by atoms with van der Waals surface area (Å²) >= 11 is 0. The van der Waals surface area contributed by atoms with Crippen LogP contribution in [0.5, 0.6) is 5.75 Å².